The van der Waals surface area contributed by atoms with Crippen LogP contribution < -0.4 is 16.6 Å². The van der Waals surface area contributed by atoms with Crippen LogP contribution in [0, 0.1) is 0 Å². The van der Waals surface area contributed by atoms with Crippen LogP contribution in [0.5, 0.6) is 0 Å². The van der Waals surface area contributed by atoms with Crippen molar-refractivity contribution in [3.8, 4) is 0 Å². The van der Waals surface area contributed by atoms with Gasteiger partial charge in [0.15, 0.2) is 5.82 Å². The molecule has 86 valence electrons. The Bertz CT molecular complexity index is 498. The molecule has 0 aliphatic carbocycles. The van der Waals surface area contributed by atoms with E-state index in [1.807, 2.05) is 0 Å². The van der Waals surface area contributed by atoms with Crippen LogP contribution in [0.25, 0.3) is 0 Å². The van der Waals surface area contributed by atoms with E-state index in [-0.39, 0.29) is 11.6 Å². The maximum Gasteiger partial charge on any atom is 0.277 e. The van der Waals surface area contributed by atoms with Gasteiger partial charge in [0.1, 0.15) is 11.5 Å². The highest BCUT2D eigenvalue weighted by Crippen LogP contribution is 2.04. The van der Waals surface area contributed by atoms with Crippen LogP contribution in [-0.4, -0.2) is 20.9 Å². The maximum atomic E-state index is 11.7. The third-order valence-electron chi connectivity index (χ3n) is 1.94. The number of amides is 1. The molecule has 1 amide bonds. The number of aromatic nitrogens is 3. The Labute approximate surface area is 97.1 Å². The second-order valence-electron chi connectivity index (χ2n) is 3.10. The molecule has 2 aromatic rings. The number of nitrogens with zero attached hydrogens (tertiary/aromatic N) is 3. The largest absolute Gasteiger partial charge is 0.307 e. The first-order chi connectivity index (χ1) is 8.29. The van der Waals surface area contributed by atoms with Crippen molar-refractivity contribution in [3.63, 3.8) is 0 Å². The van der Waals surface area contributed by atoms with Gasteiger partial charge in [0.05, 0.1) is 12.4 Å². The summed E-state index contributed by atoms with van der Waals surface area (Å²) < 4.78 is 0. The van der Waals surface area contributed by atoms with Crippen molar-refractivity contribution in [2.45, 2.75) is 0 Å². The molecule has 0 atom stereocenters. The molecule has 0 aliphatic heterocycles. The fourth-order valence-corrected chi connectivity index (χ4v) is 1.14. The quantitative estimate of drug-likeness (QED) is 0.521. The Morgan fingerprint density at radius 2 is 2.00 bits per heavy atom. The third kappa shape index (κ3) is 2.73. The average Bonchev–Trinajstić information content (AvgIpc) is 2.40. The van der Waals surface area contributed by atoms with Gasteiger partial charge in [0.2, 0.25) is 0 Å². The molecule has 0 saturated carbocycles. The number of rotatable bonds is 3. The molecule has 17 heavy (non-hydrogen) atoms. The Kier molecular flexibility index (Phi) is 3.22. The molecular formula is C10H10N6O. The molecule has 0 aromatic carbocycles. The maximum absolute atomic E-state index is 11.7. The summed E-state index contributed by atoms with van der Waals surface area (Å²) in [4.78, 5) is 23.5. The second-order valence-corrected chi connectivity index (χ2v) is 3.10. The predicted octanol–water partition coefficient (Wildman–Crippen LogP) is 0.409. The minimum Gasteiger partial charge on any atom is -0.307 e. The lowest BCUT2D eigenvalue weighted by Gasteiger charge is -2.03. The Morgan fingerprint density at radius 1 is 1.12 bits per heavy atom. The lowest BCUT2D eigenvalue weighted by atomic mass is 10.4. The number of hydrogen-bond donors (Lipinski definition) is 3. The van der Waals surface area contributed by atoms with Crippen LogP contribution in [-0.2, 0) is 0 Å². The zero-order valence-corrected chi connectivity index (χ0v) is 8.79. The van der Waals surface area contributed by atoms with Gasteiger partial charge < -0.3 is 10.7 Å². The molecule has 0 spiro atoms. The van der Waals surface area contributed by atoms with E-state index in [4.69, 9.17) is 5.84 Å². The first-order valence-electron chi connectivity index (χ1n) is 4.80. The molecule has 0 unspecified atom stereocenters. The first kappa shape index (κ1) is 11.0. The fraction of sp³-hybridized carbons (Fsp3) is 0. The van der Waals surface area contributed by atoms with E-state index in [1.165, 1.54) is 12.4 Å². The van der Waals surface area contributed by atoms with E-state index in [1.54, 1.807) is 24.4 Å². The first-order valence-corrected chi connectivity index (χ1v) is 4.80. The molecule has 0 radical (unpaired) electrons. The highest BCUT2D eigenvalue weighted by molar-refractivity contribution is 6.02. The summed E-state index contributed by atoms with van der Waals surface area (Å²) in [5.74, 6) is 5.61. The minimum atomic E-state index is -0.375. The van der Waals surface area contributed by atoms with E-state index >= 15 is 0 Å². The summed E-state index contributed by atoms with van der Waals surface area (Å²) in [6.45, 7) is 0. The number of pyridine rings is 1. The topological polar surface area (TPSA) is 106 Å². The molecule has 2 heterocycles. The van der Waals surface area contributed by atoms with Crippen molar-refractivity contribution < 1.29 is 4.79 Å². The van der Waals surface area contributed by atoms with Gasteiger partial charge >= 0.3 is 0 Å². The van der Waals surface area contributed by atoms with Gasteiger partial charge in [-0.2, -0.15) is 0 Å². The normalized spacial score (nSPS) is 9.71. The number of nitrogen functional groups attached to an aromatic ring is 1. The number of carbonyl (C=O) groups is 1. The summed E-state index contributed by atoms with van der Waals surface area (Å²) in [6, 6.07) is 5.22. The van der Waals surface area contributed by atoms with Gasteiger partial charge in [0.25, 0.3) is 5.91 Å². The molecule has 2 aromatic heterocycles. The smallest absolute Gasteiger partial charge is 0.277 e. The Morgan fingerprint density at radius 3 is 2.59 bits per heavy atom. The van der Waals surface area contributed by atoms with Crippen LogP contribution in [0.4, 0.5) is 11.6 Å². The number of carbonyl (C=O) groups excluding carboxylic acids is 1. The number of anilines is 2. The standard InChI is InChI=1S/C10H10N6O/c11-16-9-6-13-7(5-14-9)10(17)15-8-3-1-2-4-12-8/h1-6H,11H2,(H,14,16)(H,12,15,17). The van der Waals surface area contributed by atoms with Crippen LogP contribution in [0.3, 0.4) is 0 Å². The zero-order chi connectivity index (χ0) is 12.1. The van der Waals surface area contributed by atoms with E-state index in [9.17, 15) is 4.79 Å². The van der Waals surface area contributed by atoms with Crippen molar-refractivity contribution in [3.05, 3.63) is 42.5 Å². The van der Waals surface area contributed by atoms with E-state index in [0.29, 0.717) is 11.6 Å². The van der Waals surface area contributed by atoms with Gasteiger partial charge in [-0.25, -0.2) is 20.8 Å². The van der Waals surface area contributed by atoms with Crippen molar-refractivity contribution in [1.29, 1.82) is 0 Å². The summed E-state index contributed by atoms with van der Waals surface area (Å²) in [7, 11) is 0. The molecular weight excluding hydrogens is 220 g/mol. The van der Waals surface area contributed by atoms with Gasteiger partial charge in [-0.15, -0.1) is 0 Å². The monoisotopic (exact) mass is 230 g/mol. The molecule has 7 nitrogen and oxygen atoms in total. The van der Waals surface area contributed by atoms with Crippen molar-refractivity contribution in [2.24, 2.45) is 5.84 Å². The summed E-state index contributed by atoms with van der Waals surface area (Å²) in [6.07, 6.45) is 4.28. The third-order valence-corrected chi connectivity index (χ3v) is 1.94. The highest BCUT2D eigenvalue weighted by atomic mass is 16.1. The minimum absolute atomic E-state index is 0.189. The summed E-state index contributed by atoms with van der Waals surface area (Å²) >= 11 is 0. The fourth-order valence-electron chi connectivity index (χ4n) is 1.14. The van der Waals surface area contributed by atoms with Crippen molar-refractivity contribution >= 4 is 17.5 Å². The molecule has 0 bridgehead atoms. The van der Waals surface area contributed by atoms with Crippen molar-refractivity contribution in [1.82, 2.24) is 15.0 Å². The molecule has 4 N–H and O–H groups in total. The summed E-state index contributed by atoms with van der Waals surface area (Å²) in [5, 5.41) is 2.59. The van der Waals surface area contributed by atoms with Gasteiger partial charge in [-0.05, 0) is 12.1 Å². The number of nitrogens with two attached hydrogens (primary N) is 1. The predicted molar refractivity (Wildman–Crippen MR) is 62.0 cm³/mol. The van der Waals surface area contributed by atoms with E-state index in [0.717, 1.165) is 0 Å². The molecule has 0 saturated heterocycles. The van der Waals surface area contributed by atoms with E-state index < -0.39 is 0 Å². The SMILES string of the molecule is NNc1cnc(C(=O)Nc2ccccn2)cn1. The van der Waals surface area contributed by atoms with Crippen LogP contribution in [0.2, 0.25) is 0 Å². The average molecular weight is 230 g/mol. The number of hydrazine groups is 1. The van der Waals surface area contributed by atoms with Crippen LogP contribution in [0.15, 0.2) is 36.8 Å². The lowest BCUT2D eigenvalue weighted by molar-refractivity contribution is 0.102. The van der Waals surface area contributed by atoms with Crippen LogP contribution >= 0.6 is 0 Å². The zero-order valence-electron chi connectivity index (χ0n) is 8.79. The number of hydrogen-bond acceptors (Lipinski definition) is 6. The van der Waals surface area contributed by atoms with Gasteiger partial charge in [-0.1, -0.05) is 6.07 Å². The number of nitrogens with one attached hydrogen (secondary N) is 2. The van der Waals surface area contributed by atoms with Gasteiger partial charge in [-0.3, -0.25) is 4.79 Å². The van der Waals surface area contributed by atoms with Crippen LogP contribution in [0.1, 0.15) is 10.5 Å². The lowest BCUT2D eigenvalue weighted by Crippen LogP contribution is -2.16. The molecule has 7 heteroatoms. The summed E-state index contributed by atoms with van der Waals surface area (Å²) in [5.41, 5.74) is 2.51. The van der Waals surface area contributed by atoms with Crippen molar-refractivity contribution in [2.75, 3.05) is 10.7 Å². The molecule has 0 aliphatic rings. The molecule has 2 rings (SSSR count). The second kappa shape index (κ2) is 4.99. The Balaban J connectivity index is 2.09. The van der Waals surface area contributed by atoms with E-state index in [2.05, 4.69) is 25.7 Å². The Hall–Kier alpha value is -2.54. The molecule has 0 fully saturated rings. The van der Waals surface area contributed by atoms with Gasteiger partial charge in [0, 0.05) is 6.20 Å². The highest BCUT2D eigenvalue weighted by Gasteiger charge is 2.08.